The summed E-state index contributed by atoms with van der Waals surface area (Å²) in [5, 5.41) is 11.4. The Morgan fingerprint density at radius 2 is 2.10 bits per heavy atom. The van der Waals surface area contributed by atoms with E-state index in [2.05, 4.69) is 11.9 Å². The summed E-state index contributed by atoms with van der Waals surface area (Å²) in [5.41, 5.74) is 0.788. The highest BCUT2D eigenvalue weighted by Crippen LogP contribution is 2.13. The lowest BCUT2D eigenvalue weighted by atomic mass is 10.1. The van der Waals surface area contributed by atoms with Crippen LogP contribution in [-0.4, -0.2) is 40.9 Å². The minimum Gasteiger partial charge on any atom is -0.480 e. The molecule has 0 aliphatic heterocycles. The smallest absolute Gasteiger partial charge is 0.323 e. The summed E-state index contributed by atoms with van der Waals surface area (Å²) >= 11 is 0. The molecule has 1 aromatic carbocycles. The Bertz CT molecular complexity index is 540. The zero-order valence-corrected chi connectivity index (χ0v) is 11.1. The predicted octanol–water partition coefficient (Wildman–Crippen LogP) is 1.36. The number of nitrogens with one attached hydrogen (secondary N) is 1. The summed E-state index contributed by atoms with van der Waals surface area (Å²) in [4.78, 5) is 35.1. The minimum absolute atomic E-state index is 0.134. The molecular weight excluding hydrogens is 260 g/mol. The number of anilines is 1. The van der Waals surface area contributed by atoms with Gasteiger partial charge in [-0.1, -0.05) is 12.1 Å². The van der Waals surface area contributed by atoms with E-state index in [1.165, 1.54) is 19.1 Å². The molecule has 0 saturated heterocycles. The number of carboxylic acid groups (broad SMARTS) is 1. The number of benzene rings is 1. The number of amides is 2. The lowest BCUT2D eigenvalue weighted by molar-refractivity contribution is -0.137. The highest BCUT2D eigenvalue weighted by Gasteiger charge is 2.17. The van der Waals surface area contributed by atoms with E-state index in [9.17, 15) is 14.4 Å². The van der Waals surface area contributed by atoms with Crippen molar-refractivity contribution < 1.29 is 19.5 Å². The van der Waals surface area contributed by atoms with Crippen molar-refractivity contribution in [2.24, 2.45) is 0 Å². The number of carbonyl (C=O) groups excluding carboxylic acids is 2. The molecule has 0 aromatic heterocycles. The first-order valence-electron chi connectivity index (χ1n) is 5.93. The molecule has 0 aliphatic carbocycles. The first-order valence-corrected chi connectivity index (χ1v) is 5.93. The van der Waals surface area contributed by atoms with Crippen molar-refractivity contribution in [1.29, 1.82) is 0 Å². The quantitative estimate of drug-likeness (QED) is 0.768. The van der Waals surface area contributed by atoms with Crippen LogP contribution in [0.3, 0.4) is 0 Å². The van der Waals surface area contributed by atoms with E-state index in [1.54, 1.807) is 18.2 Å². The van der Waals surface area contributed by atoms with Crippen LogP contribution in [0.25, 0.3) is 0 Å². The molecule has 0 bridgehead atoms. The Morgan fingerprint density at radius 3 is 2.65 bits per heavy atom. The van der Waals surface area contributed by atoms with Crippen molar-refractivity contribution in [2.75, 3.05) is 18.4 Å². The van der Waals surface area contributed by atoms with Crippen LogP contribution in [-0.2, 0) is 9.59 Å². The summed E-state index contributed by atoms with van der Waals surface area (Å²) < 4.78 is 0. The lowest BCUT2D eigenvalue weighted by Crippen LogP contribution is -2.35. The SMILES string of the molecule is C=CCN(CC(=O)O)C(=O)c1cccc(NC(C)=O)c1. The second kappa shape index (κ2) is 7.08. The molecule has 0 fully saturated rings. The second-order valence-electron chi connectivity index (χ2n) is 4.13. The van der Waals surface area contributed by atoms with Gasteiger partial charge < -0.3 is 15.3 Å². The normalized spacial score (nSPS) is 9.65. The van der Waals surface area contributed by atoms with Gasteiger partial charge in [0.2, 0.25) is 5.91 Å². The molecule has 0 heterocycles. The van der Waals surface area contributed by atoms with Gasteiger partial charge in [0, 0.05) is 24.7 Å². The highest BCUT2D eigenvalue weighted by molar-refractivity contribution is 5.98. The van der Waals surface area contributed by atoms with Gasteiger partial charge in [-0.2, -0.15) is 0 Å². The van der Waals surface area contributed by atoms with Gasteiger partial charge in [-0.3, -0.25) is 14.4 Å². The molecular formula is C14H16N2O4. The standard InChI is InChI=1S/C14H16N2O4/c1-3-7-16(9-13(18)19)14(20)11-5-4-6-12(8-11)15-10(2)17/h3-6,8H,1,7,9H2,2H3,(H,15,17)(H,18,19). The van der Waals surface area contributed by atoms with Gasteiger partial charge in [-0.05, 0) is 18.2 Å². The summed E-state index contributed by atoms with van der Waals surface area (Å²) in [6.45, 7) is 4.59. The van der Waals surface area contributed by atoms with Crippen LogP contribution >= 0.6 is 0 Å². The number of hydrogen-bond donors (Lipinski definition) is 2. The van der Waals surface area contributed by atoms with Crippen molar-refractivity contribution >= 4 is 23.5 Å². The van der Waals surface area contributed by atoms with Gasteiger partial charge >= 0.3 is 5.97 Å². The summed E-state index contributed by atoms with van der Waals surface area (Å²) in [5.74, 6) is -1.78. The maximum Gasteiger partial charge on any atom is 0.323 e. The fourth-order valence-electron chi connectivity index (χ4n) is 1.65. The topological polar surface area (TPSA) is 86.7 Å². The van der Waals surface area contributed by atoms with Crippen molar-refractivity contribution in [3.63, 3.8) is 0 Å². The third-order valence-electron chi connectivity index (χ3n) is 2.39. The molecule has 20 heavy (non-hydrogen) atoms. The fraction of sp³-hybridized carbons (Fsp3) is 0.214. The molecule has 0 aliphatic rings. The molecule has 2 N–H and O–H groups in total. The van der Waals surface area contributed by atoms with E-state index in [4.69, 9.17) is 5.11 Å². The van der Waals surface area contributed by atoms with Crippen molar-refractivity contribution in [2.45, 2.75) is 6.92 Å². The molecule has 6 heteroatoms. The number of nitrogens with zero attached hydrogens (tertiary/aromatic N) is 1. The van der Waals surface area contributed by atoms with Gasteiger partial charge in [0.05, 0.1) is 0 Å². The average Bonchev–Trinajstić information content (AvgIpc) is 2.36. The Labute approximate surface area is 116 Å². The van der Waals surface area contributed by atoms with Crippen molar-refractivity contribution in [3.8, 4) is 0 Å². The molecule has 0 unspecified atom stereocenters. The summed E-state index contributed by atoms with van der Waals surface area (Å²) in [6, 6.07) is 6.33. The minimum atomic E-state index is -1.10. The molecule has 0 atom stereocenters. The van der Waals surface area contributed by atoms with E-state index in [0.29, 0.717) is 11.3 Å². The molecule has 1 rings (SSSR count). The zero-order chi connectivity index (χ0) is 15.1. The first-order chi connectivity index (χ1) is 9.43. The van der Waals surface area contributed by atoms with Gasteiger partial charge in [0.1, 0.15) is 6.54 Å². The molecule has 0 radical (unpaired) electrons. The van der Waals surface area contributed by atoms with Crippen LogP contribution in [0, 0.1) is 0 Å². The van der Waals surface area contributed by atoms with Gasteiger partial charge in [0.25, 0.3) is 5.91 Å². The molecule has 0 spiro atoms. The lowest BCUT2D eigenvalue weighted by Gasteiger charge is -2.19. The second-order valence-corrected chi connectivity index (χ2v) is 4.13. The van der Waals surface area contributed by atoms with Crippen LogP contribution in [0.5, 0.6) is 0 Å². The Hall–Kier alpha value is -2.63. The van der Waals surface area contributed by atoms with E-state index in [-0.39, 0.29) is 12.5 Å². The number of carbonyl (C=O) groups is 3. The third-order valence-corrected chi connectivity index (χ3v) is 2.39. The average molecular weight is 276 g/mol. The van der Waals surface area contributed by atoms with E-state index < -0.39 is 18.4 Å². The predicted molar refractivity (Wildman–Crippen MR) is 74.5 cm³/mol. The van der Waals surface area contributed by atoms with Crippen LogP contribution in [0.15, 0.2) is 36.9 Å². The van der Waals surface area contributed by atoms with Crippen molar-refractivity contribution in [1.82, 2.24) is 4.90 Å². The van der Waals surface area contributed by atoms with Crippen LogP contribution in [0.4, 0.5) is 5.69 Å². The molecule has 0 saturated carbocycles. The van der Waals surface area contributed by atoms with Gasteiger partial charge in [-0.15, -0.1) is 6.58 Å². The van der Waals surface area contributed by atoms with E-state index >= 15 is 0 Å². The molecule has 1 aromatic rings. The van der Waals surface area contributed by atoms with Crippen LogP contribution in [0.2, 0.25) is 0 Å². The summed E-state index contributed by atoms with van der Waals surface area (Å²) in [7, 11) is 0. The Morgan fingerprint density at radius 1 is 1.40 bits per heavy atom. The van der Waals surface area contributed by atoms with Gasteiger partial charge in [0.15, 0.2) is 0 Å². The van der Waals surface area contributed by atoms with Crippen LogP contribution < -0.4 is 5.32 Å². The van der Waals surface area contributed by atoms with E-state index in [1.807, 2.05) is 0 Å². The molecule has 106 valence electrons. The number of hydrogen-bond acceptors (Lipinski definition) is 3. The van der Waals surface area contributed by atoms with Gasteiger partial charge in [-0.25, -0.2) is 0 Å². The number of carboxylic acids is 1. The third kappa shape index (κ3) is 4.56. The monoisotopic (exact) mass is 276 g/mol. The Kier molecular flexibility index (Phi) is 5.46. The fourth-order valence-corrected chi connectivity index (χ4v) is 1.65. The van der Waals surface area contributed by atoms with E-state index in [0.717, 1.165) is 4.90 Å². The zero-order valence-electron chi connectivity index (χ0n) is 11.1. The number of aliphatic carboxylic acids is 1. The first kappa shape index (κ1) is 15.4. The molecule has 2 amide bonds. The maximum absolute atomic E-state index is 12.2. The largest absolute Gasteiger partial charge is 0.480 e. The van der Waals surface area contributed by atoms with Crippen LogP contribution in [0.1, 0.15) is 17.3 Å². The Balaban J connectivity index is 2.95. The number of rotatable bonds is 6. The summed E-state index contributed by atoms with van der Waals surface area (Å²) in [6.07, 6.45) is 1.46. The maximum atomic E-state index is 12.2. The highest BCUT2D eigenvalue weighted by atomic mass is 16.4. The van der Waals surface area contributed by atoms with Crippen molar-refractivity contribution in [3.05, 3.63) is 42.5 Å². The molecule has 6 nitrogen and oxygen atoms in total.